The van der Waals surface area contributed by atoms with E-state index in [0.717, 1.165) is 25.0 Å². The molecule has 146 valence electrons. The molecule has 1 aliphatic rings. The minimum Gasteiger partial charge on any atom is -0.394 e. The summed E-state index contributed by atoms with van der Waals surface area (Å²) in [6.45, 7) is 1.60. The summed E-state index contributed by atoms with van der Waals surface area (Å²) in [5.74, 6) is 1.05. The van der Waals surface area contributed by atoms with E-state index in [0.29, 0.717) is 18.3 Å². The number of alkyl halides is 3. The highest BCUT2D eigenvalue weighted by Gasteiger charge is 2.34. The monoisotopic (exact) mass is 382 g/mol. The molecule has 1 saturated carbocycles. The summed E-state index contributed by atoms with van der Waals surface area (Å²) in [4.78, 5) is 12.4. The van der Waals surface area contributed by atoms with Gasteiger partial charge in [-0.05, 0) is 43.4 Å². The van der Waals surface area contributed by atoms with Crippen LogP contribution >= 0.6 is 0 Å². The maximum Gasteiger partial charge on any atom is 0.416 e. The van der Waals surface area contributed by atoms with Crippen LogP contribution in [0.2, 0.25) is 0 Å². The summed E-state index contributed by atoms with van der Waals surface area (Å²) < 4.78 is 40.5. The highest BCUT2D eigenvalue weighted by atomic mass is 19.4. The van der Waals surface area contributed by atoms with Crippen LogP contribution in [0.15, 0.2) is 36.5 Å². The van der Waals surface area contributed by atoms with E-state index in [9.17, 15) is 23.1 Å². The minimum atomic E-state index is -4.51. The summed E-state index contributed by atoms with van der Waals surface area (Å²) in [7, 11) is 0. The van der Waals surface area contributed by atoms with Crippen molar-refractivity contribution >= 4 is 11.8 Å². The molecule has 6 nitrogen and oxygen atoms in total. The van der Waals surface area contributed by atoms with E-state index < -0.39 is 29.9 Å². The van der Waals surface area contributed by atoms with Crippen LogP contribution in [0.4, 0.5) is 23.8 Å². The lowest BCUT2D eigenvalue weighted by Crippen LogP contribution is -2.48. The minimum absolute atomic E-state index is 0.154. The van der Waals surface area contributed by atoms with E-state index in [1.165, 1.54) is 19.1 Å². The van der Waals surface area contributed by atoms with Crippen molar-refractivity contribution in [2.24, 2.45) is 5.92 Å². The van der Waals surface area contributed by atoms with Crippen LogP contribution in [0, 0.1) is 5.92 Å². The van der Waals surface area contributed by atoms with Crippen LogP contribution in [-0.2, 0) is 18.3 Å². The first-order valence-electron chi connectivity index (χ1n) is 8.61. The van der Waals surface area contributed by atoms with Gasteiger partial charge >= 0.3 is 12.2 Å². The molecule has 27 heavy (non-hydrogen) atoms. The molecule has 1 fully saturated rings. The molecule has 0 saturated heterocycles. The van der Waals surface area contributed by atoms with E-state index in [-0.39, 0.29) is 5.56 Å². The van der Waals surface area contributed by atoms with Crippen molar-refractivity contribution in [1.29, 1.82) is 0 Å². The van der Waals surface area contributed by atoms with Crippen LogP contribution in [0.5, 0.6) is 0 Å². The fourth-order valence-corrected chi connectivity index (χ4v) is 2.77. The van der Waals surface area contributed by atoms with Crippen molar-refractivity contribution in [2.75, 3.05) is 11.9 Å². The van der Waals surface area contributed by atoms with Gasteiger partial charge in [0, 0.05) is 12.6 Å². The number of carbonyl (C=O) groups is 1. The topological polar surface area (TPSA) is 79.2 Å². The second-order valence-electron chi connectivity index (χ2n) is 6.99. The predicted molar refractivity (Wildman–Crippen MR) is 93.0 cm³/mol. The number of aromatic nitrogens is 2. The van der Waals surface area contributed by atoms with Gasteiger partial charge < -0.3 is 10.4 Å². The summed E-state index contributed by atoms with van der Waals surface area (Å²) in [6, 6.07) is 5.55. The number of halogens is 3. The SMILES string of the molecule is CC(CO)(NC(=O)Nc1ccnn1CC1CC1)c1cccc(C(F)(F)F)c1. The highest BCUT2D eigenvalue weighted by molar-refractivity contribution is 5.89. The first-order valence-corrected chi connectivity index (χ1v) is 8.61. The Morgan fingerprint density at radius 1 is 1.30 bits per heavy atom. The third-order valence-corrected chi connectivity index (χ3v) is 4.62. The number of carbonyl (C=O) groups excluding carboxylic acids is 1. The molecule has 1 atom stereocenters. The first kappa shape index (κ1) is 19.2. The van der Waals surface area contributed by atoms with Crippen molar-refractivity contribution < 1.29 is 23.1 Å². The number of benzene rings is 1. The second-order valence-corrected chi connectivity index (χ2v) is 6.99. The number of aliphatic hydroxyl groups is 1. The van der Waals surface area contributed by atoms with Crippen molar-refractivity contribution in [3.8, 4) is 0 Å². The van der Waals surface area contributed by atoms with Gasteiger partial charge in [-0.1, -0.05) is 12.1 Å². The fraction of sp³-hybridized carbons (Fsp3) is 0.444. The number of hydrogen-bond donors (Lipinski definition) is 3. The van der Waals surface area contributed by atoms with Gasteiger partial charge in [0.1, 0.15) is 5.82 Å². The Labute approximate surface area is 154 Å². The quantitative estimate of drug-likeness (QED) is 0.717. The average Bonchev–Trinajstić information content (AvgIpc) is 3.33. The largest absolute Gasteiger partial charge is 0.416 e. The van der Waals surface area contributed by atoms with Gasteiger partial charge in [0.15, 0.2) is 0 Å². The second kappa shape index (κ2) is 7.22. The normalized spacial score (nSPS) is 16.6. The first-order chi connectivity index (χ1) is 12.7. The maximum atomic E-state index is 13.0. The molecule has 9 heteroatoms. The van der Waals surface area contributed by atoms with Gasteiger partial charge in [0.05, 0.1) is 23.9 Å². The van der Waals surface area contributed by atoms with Gasteiger partial charge in [-0.25, -0.2) is 9.48 Å². The van der Waals surface area contributed by atoms with Gasteiger partial charge in [-0.15, -0.1) is 0 Å². The summed E-state index contributed by atoms with van der Waals surface area (Å²) in [5.41, 5.74) is -2.07. The van der Waals surface area contributed by atoms with Gasteiger partial charge in [-0.2, -0.15) is 18.3 Å². The molecule has 1 aromatic carbocycles. The Balaban J connectivity index is 1.73. The van der Waals surface area contributed by atoms with Gasteiger partial charge in [-0.3, -0.25) is 5.32 Å². The Morgan fingerprint density at radius 2 is 2.00 bits per heavy atom. The molecule has 2 aromatic rings. The molecule has 3 N–H and O–H groups in total. The lowest BCUT2D eigenvalue weighted by molar-refractivity contribution is -0.137. The van der Waals surface area contributed by atoms with Crippen LogP contribution in [0.3, 0.4) is 0 Å². The van der Waals surface area contributed by atoms with E-state index in [1.54, 1.807) is 16.9 Å². The smallest absolute Gasteiger partial charge is 0.394 e. The molecular weight excluding hydrogens is 361 g/mol. The Hall–Kier alpha value is -2.55. The lowest BCUT2D eigenvalue weighted by Gasteiger charge is -2.30. The number of anilines is 1. The number of aliphatic hydroxyl groups excluding tert-OH is 1. The number of hydrogen-bond acceptors (Lipinski definition) is 3. The van der Waals surface area contributed by atoms with Gasteiger partial charge in [0.25, 0.3) is 0 Å². The highest BCUT2D eigenvalue weighted by Crippen LogP contribution is 2.33. The summed E-state index contributed by atoms with van der Waals surface area (Å²) in [5, 5.41) is 19.1. The molecular formula is C18H21F3N4O2. The number of amides is 2. The van der Waals surface area contributed by atoms with E-state index >= 15 is 0 Å². The van der Waals surface area contributed by atoms with Crippen LogP contribution in [0.25, 0.3) is 0 Å². The predicted octanol–water partition coefficient (Wildman–Crippen LogP) is 3.34. The Morgan fingerprint density at radius 3 is 2.63 bits per heavy atom. The molecule has 1 aromatic heterocycles. The van der Waals surface area contributed by atoms with E-state index in [4.69, 9.17) is 0 Å². The van der Waals surface area contributed by atoms with Crippen molar-refractivity contribution in [2.45, 2.75) is 38.0 Å². The average molecular weight is 382 g/mol. The Bertz CT molecular complexity index is 817. The molecule has 2 amide bonds. The fourth-order valence-electron chi connectivity index (χ4n) is 2.77. The van der Waals surface area contributed by atoms with Crippen molar-refractivity contribution in [3.63, 3.8) is 0 Å². The van der Waals surface area contributed by atoms with Crippen molar-refractivity contribution in [1.82, 2.24) is 15.1 Å². The molecule has 1 unspecified atom stereocenters. The van der Waals surface area contributed by atoms with Crippen molar-refractivity contribution in [3.05, 3.63) is 47.7 Å². The van der Waals surface area contributed by atoms with Crippen LogP contribution in [0.1, 0.15) is 30.9 Å². The number of nitrogens with zero attached hydrogens (tertiary/aromatic N) is 2. The maximum absolute atomic E-state index is 13.0. The number of urea groups is 1. The molecule has 0 aliphatic heterocycles. The third-order valence-electron chi connectivity index (χ3n) is 4.62. The summed E-state index contributed by atoms with van der Waals surface area (Å²) >= 11 is 0. The molecule has 0 radical (unpaired) electrons. The zero-order valence-corrected chi connectivity index (χ0v) is 14.8. The number of rotatable bonds is 6. The lowest BCUT2D eigenvalue weighted by atomic mass is 9.91. The van der Waals surface area contributed by atoms with Gasteiger partial charge in [0.2, 0.25) is 0 Å². The van der Waals surface area contributed by atoms with E-state index in [1.807, 2.05) is 0 Å². The zero-order chi connectivity index (χ0) is 19.7. The zero-order valence-electron chi connectivity index (χ0n) is 14.8. The number of nitrogens with one attached hydrogen (secondary N) is 2. The third kappa shape index (κ3) is 4.60. The molecule has 1 aliphatic carbocycles. The standard InChI is InChI=1S/C18H21F3N4O2/c1-17(11-26,13-3-2-4-14(9-13)18(19,20)21)24-16(27)23-15-7-8-22-25(15)10-12-5-6-12/h2-4,7-9,12,26H,5-6,10-11H2,1H3,(H2,23,24,27). The van der Waals surface area contributed by atoms with Crippen LogP contribution < -0.4 is 10.6 Å². The Kier molecular flexibility index (Phi) is 5.14. The molecule has 0 spiro atoms. The molecule has 1 heterocycles. The van der Waals surface area contributed by atoms with Crippen LogP contribution in [-0.4, -0.2) is 27.5 Å². The molecule has 3 rings (SSSR count). The van der Waals surface area contributed by atoms with E-state index in [2.05, 4.69) is 15.7 Å². The summed E-state index contributed by atoms with van der Waals surface area (Å²) in [6.07, 6.45) is -0.687. The molecule has 0 bridgehead atoms.